The lowest BCUT2D eigenvalue weighted by Gasteiger charge is -2.23. The number of imide groups is 1. The summed E-state index contributed by atoms with van der Waals surface area (Å²) in [5.74, 6) is -4.39. The number of sulfonamides is 1. The zero-order chi connectivity index (χ0) is 35.3. The third kappa shape index (κ3) is 11.1. The van der Waals surface area contributed by atoms with Crippen LogP contribution in [0, 0.1) is 5.41 Å². The molecule has 48 heavy (non-hydrogen) atoms. The van der Waals surface area contributed by atoms with E-state index in [0.717, 1.165) is 6.20 Å². The molecule has 0 unspecified atom stereocenters. The van der Waals surface area contributed by atoms with E-state index in [-0.39, 0.29) is 35.0 Å². The molecule has 0 bridgehead atoms. The van der Waals surface area contributed by atoms with Crippen molar-refractivity contribution in [1.82, 2.24) is 20.9 Å². The molecule has 0 aliphatic heterocycles. The second kappa shape index (κ2) is 17.0. The van der Waals surface area contributed by atoms with Crippen LogP contribution < -0.4 is 26.4 Å². The molecule has 0 aliphatic carbocycles. The number of rotatable bonds is 16. The number of carbonyl (C=O) groups excluding carboxylic acids is 4. The van der Waals surface area contributed by atoms with E-state index in [4.69, 9.17) is 15.9 Å². The number of pyridine rings is 1. The molecule has 3 aromatic rings. The van der Waals surface area contributed by atoms with Crippen LogP contribution in [0.1, 0.15) is 34.3 Å². The molecule has 0 aliphatic rings. The van der Waals surface area contributed by atoms with Crippen molar-refractivity contribution in [2.75, 3.05) is 11.3 Å². The Labute approximate surface area is 275 Å². The third-order valence-electron chi connectivity index (χ3n) is 6.48. The number of amidine groups is 1. The summed E-state index contributed by atoms with van der Waals surface area (Å²) < 4.78 is 32.6. The molecule has 2 atom stereocenters. The summed E-state index contributed by atoms with van der Waals surface area (Å²) in [6.07, 6.45) is 1.77. The van der Waals surface area contributed by atoms with Crippen LogP contribution in [0.5, 0.6) is 0 Å². The number of amides is 4. The number of nitrogens with one attached hydrogen (secondary N) is 5. The summed E-state index contributed by atoms with van der Waals surface area (Å²) in [5, 5.41) is 23.6. The number of aliphatic carboxylic acids is 1. The maximum Gasteiger partial charge on any atom is 0.408 e. The zero-order valence-electron chi connectivity index (χ0n) is 25.3. The number of ether oxygens (including phenoxy) is 1. The summed E-state index contributed by atoms with van der Waals surface area (Å²) in [5.41, 5.74) is 6.32. The van der Waals surface area contributed by atoms with Gasteiger partial charge in [0, 0.05) is 42.0 Å². The first-order valence-electron chi connectivity index (χ1n) is 14.2. The number of carboxylic acids is 1. The van der Waals surface area contributed by atoms with Crippen molar-refractivity contribution in [2.24, 2.45) is 5.73 Å². The molecule has 16 nitrogen and oxygen atoms in total. The highest BCUT2D eigenvalue weighted by atomic mass is 32.2. The van der Waals surface area contributed by atoms with Crippen molar-refractivity contribution in [1.29, 1.82) is 5.41 Å². The van der Waals surface area contributed by atoms with Crippen LogP contribution in [0.4, 0.5) is 10.5 Å². The van der Waals surface area contributed by atoms with Crippen molar-refractivity contribution >= 4 is 51.3 Å². The third-order valence-corrected chi connectivity index (χ3v) is 7.85. The Morgan fingerprint density at radius 1 is 0.979 bits per heavy atom. The van der Waals surface area contributed by atoms with Gasteiger partial charge in [0.1, 0.15) is 29.4 Å². The number of hydrogen-bond donors (Lipinski definition) is 7. The molecule has 0 spiro atoms. The first kappa shape index (κ1) is 36.4. The van der Waals surface area contributed by atoms with E-state index < -0.39 is 64.7 Å². The molecule has 0 saturated heterocycles. The van der Waals surface area contributed by atoms with E-state index in [2.05, 4.69) is 32.2 Å². The number of carboxylic acid groups (broad SMARTS) is 1. The number of nitrogen functional groups attached to an aromatic ring is 1. The first-order chi connectivity index (χ1) is 22.8. The van der Waals surface area contributed by atoms with E-state index in [0.29, 0.717) is 11.1 Å². The summed E-state index contributed by atoms with van der Waals surface area (Å²) in [7, 11) is -4.05. The number of anilines is 1. The highest BCUT2D eigenvalue weighted by Gasteiger charge is 2.29. The maximum atomic E-state index is 13.4. The van der Waals surface area contributed by atoms with Crippen molar-refractivity contribution < 1.29 is 42.2 Å². The van der Waals surface area contributed by atoms with Crippen LogP contribution in [0.15, 0.2) is 90.6 Å². The standard InChI is InChI=1S/C31H33N7O9S/c1-2-15-47-31(44)36-25(16-19-8-10-20(11-9-19)27(32)33)30(43)35-24(12-13-26(39)40)29(42)37-28(41)21-5-3-6-22(17-21)38-48(45,46)23-7-4-14-34-18-23/h2-11,14,17-18,24-25,38H,1,12-13,15-16H2,(H3,32,33)(H,35,43)(H,36,44)(H,39,40)(H,37,41,42)/t24-,25+/m0/s1. The fourth-order valence-corrected chi connectivity index (χ4v) is 5.12. The number of carbonyl (C=O) groups is 5. The Bertz CT molecular complexity index is 1780. The number of aromatic nitrogens is 1. The van der Waals surface area contributed by atoms with Crippen molar-refractivity contribution in [3.05, 3.63) is 102 Å². The summed E-state index contributed by atoms with van der Waals surface area (Å²) in [6, 6.07) is 11.3. The van der Waals surface area contributed by atoms with E-state index >= 15 is 0 Å². The minimum absolute atomic E-state index is 0.00303. The number of nitrogens with zero attached hydrogens (tertiary/aromatic N) is 1. The van der Waals surface area contributed by atoms with Crippen LogP contribution in [-0.2, 0) is 35.6 Å². The molecular weight excluding hydrogens is 646 g/mol. The van der Waals surface area contributed by atoms with Gasteiger partial charge in [-0.1, -0.05) is 43.0 Å². The first-order valence-corrected chi connectivity index (χ1v) is 15.6. The van der Waals surface area contributed by atoms with E-state index in [9.17, 15) is 37.5 Å². The van der Waals surface area contributed by atoms with Crippen LogP contribution in [-0.4, -0.2) is 72.8 Å². The molecule has 0 saturated carbocycles. The zero-order valence-corrected chi connectivity index (χ0v) is 26.2. The van der Waals surface area contributed by atoms with Gasteiger partial charge in [0.05, 0.1) is 0 Å². The molecule has 0 fully saturated rings. The topological polar surface area (TPSA) is 260 Å². The van der Waals surface area contributed by atoms with Gasteiger partial charge in [0.2, 0.25) is 11.8 Å². The average molecular weight is 680 g/mol. The molecule has 17 heteroatoms. The quantitative estimate of drug-likeness (QED) is 0.0645. The molecular formula is C31H33N7O9S. The molecule has 0 radical (unpaired) electrons. The van der Waals surface area contributed by atoms with Gasteiger partial charge >= 0.3 is 12.1 Å². The van der Waals surface area contributed by atoms with Gasteiger partial charge in [-0.15, -0.1) is 0 Å². The average Bonchev–Trinajstić information content (AvgIpc) is 3.05. The van der Waals surface area contributed by atoms with Crippen molar-refractivity contribution in [3.63, 3.8) is 0 Å². The van der Waals surface area contributed by atoms with Gasteiger partial charge in [0.25, 0.3) is 15.9 Å². The second-order valence-electron chi connectivity index (χ2n) is 10.1. The Hall–Kier alpha value is -6.10. The number of benzene rings is 2. The van der Waals surface area contributed by atoms with Crippen molar-refractivity contribution in [2.45, 2.75) is 36.2 Å². The van der Waals surface area contributed by atoms with Crippen molar-refractivity contribution in [3.8, 4) is 0 Å². The Morgan fingerprint density at radius 3 is 2.33 bits per heavy atom. The maximum absolute atomic E-state index is 13.4. The molecule has 4 amide bonds. The minimum Gasteiger partial charge on any atom is -0.481 e. The van der Waals surface area contributed by atoms with Crippen LogP contribution >= 0.6 is 0 Å². The van der Waals surface area contributed by atoms with Gasteiger partial charge in [-0.3, -0.25) is 39.6 Å². The predicted molar refractivity (Wildman–Crippen MR) is 172 cm³/mol. The van der Waals surface area contributed by atoms with Gasteiger partial charge in [-0.2, -0.15) is 0 Å². The fourth-order valence-electron chi connectivity index (χ4n) is 4.11. The monoisotopic (exact) mass is 679 g/mol. The highest BCUT2D eigenvalue weighted by molar-refractivity contribution is 7.92. The smallest absolute Gasteiger partial charge is 0.408 e. The van der Waals surface area contributed by atoms with Crippen LogP contribution in [0.3, 0.4) is 0 Å². The molecule has 8 N–H and O–H groups in total. The summed E-state index contributed by atoms with van der Waals surface area (Å²) in [6.45, 7) is 3.28. The van der Waals surface area contributed by atoms with Gasteiger partial charge < -0.3 is 26.2 Å². The van der Waals surface area contributed by atoms with Crippen LogP contribution in [0.25, 0.3) is 0 Å². The normalized spacial score (nSPS) is 12.0. The second-order valence-corrected chi connectivity index (χ2v) is 11.8. The highest BCUT2D eigenvalue weighted by Crippen LogP contribution is 2.17. The molecule has 1 aromatic heterocycles. The van der Waals surface area contributed by atoms with E-state index in [1.165, 1.54) is 60.8 Å². The SMILES string of the molecule is C=CCOC(=O)N[C@H](Cc1ccc(C(=N)N)cc1)C(=O)N[C@@H](CCC(=O)O)C(=O)NC(=O)c1cccc(NS(=O)(=O)c2cccnc2)c1. The van der Waals surface area contributed by atoms with Gasteiger partial charge in [-0.25, -0.2) is 13.2 Å². The fraction of sp³-hybridized carbons (Fsp3) is 0.194. The summed E-state index contributed by atoms with van der Waals surface area (Å²) in [4.78, 5) is 66.9. The number of nitrogens with two attached hydrogens (primary N) is 1. The Kier molecular flexibility index (Phi) is 12.9. The molecule has 252 valence electrons. The largest absolute Gasteiger partial charge is 0.481 e. The Morgan fingerprint density at radius 2 is 1.71 bits per heavy atom. The molecule has 3 rings (SSSR count). The van der Waals surface area contributed by atoms with E-state index in [1.54, 1.807) is 12.1 Å². The minimum atomic E-state index is -4.05. The van der Waals surface area contributed by atoms with E-state index in [1.807, 2.05) is 0 Å². The lowest BCUT2D eigenvalue weighted by atomic mass is 10.0. The number of hydrogen-bond acceptors (Lipinski definition) is 10. The molecule has 2 aromatic carbocycles. The lowest BCUT2D eigenvalue weighted by molar-refractivity contribution is -0.138. The van der Waals surface area contributed by atoms with Crippen LogP contribution in [0.2, 0.25) is 0 Å². The summed E-state index contributed by atoms with van der Waals surface area (Å²) >= 11 is 0. The lowest BCUT2D eigenvalue weighted by Crippen LogP contribution is -2.55. The predicted octanol–water partition coefficient (Wildman–Crippen LogP) is 1.30. The number of alkyl carbamates (subject to hydrolysis) is 1. The van der Waals surface area contributed by atoms with Gasteiger partial charge in [0.15, 0.2) is 0 Å². The Balaban J connectivity index is 1.78. The van der Waals surface area contributed by atoms with Gasteiger partial charge in [-0.05, 0) is 42.3 Å². The molecule has 1 heterocycles.